The van der Waals surface area contributed by atoms with E-state index in [1.54, 1.807) is 38.1 Å². The molecule has 27 heavy (non-hydrogen) atoms. The van der Waals surface area contributed by atoms with Crippen LogP contribution in [0.2, 0.25) is 0 Å². The fourth-order valence-electron chi connectivity index (χ4n) is 3.63. The second kappa shape index (κ2) is 5.16. The first-order valence-corrected chi connectivity index (χ1v) is 8.16. The van der Waals surface area contributed by atoms with E-state index >= 15 is 0 Å². The van der Waals surface area contributed by atoms with E-state index in [4.69, 9.17) is 0 Å². The van der Waals surface area contributed by atoms with Gasteiger partial charge in [0, 0.05) is 16.5 Å². The molecule has 0 aliphatic carbocycles. The van der Waals surface area contributed by atoms with E-state index in [1.807, 2.05) is 0 Å². The van der Waals surface area contributed by atoms with Crippen molar-refractivity contribution in [2.24, 2.45) is 0 Å². The maximum absolute atomic E-state index is 10.7. The molecule has 0 bridgehead atoms. The molecule has 2 heterocycles. The van der Waals surface area contributed by atoms with Crippen LogP contribution in [0, 0.1) is 0 Å². The molecular weight excluding hydrogens is 352 g/mol. The Morgan fingerprint density at radius 2 is 0.963 bits per heavy atom. The van der Waals surface area contributed by atoms with Gasteiger partial charge in [0.1, 0.15) is 11.5 Å². The average molecular weight is 370 g/mol. The number of aromatic hydroxyl groups is 6. The molecule has 0 fully saturated rings. The number of aromatic amines is 2. The molecule has 0 atom stereocenters. The van der Waals surface area contributed by atoms with Gasteiger partial charge in [0.05, 0.1) is 21.8 Å². The Hall–Kier alpha value is -3.68. The number of nitrogens with one attached hydrogen (secondary N) is 2. The summed E-state index contributed by atoms with van der Waals surface area (Å²) in [5.74, 6) is -2.32. The average Bonchev–Trinajstić information content (AvgIpc) is 3.05. The highest BCUT2D eigenvalue weighted by Gasteiger charge is 2.32. The van der Waals surface area contributed by atoms with E-state index < -0.39 is 28.7 Å². The third-order valence-electron chi connectivity index (χ3n) is 5.13. The number of benzene rings is 2. The lowest BCUT2D eigenvalue weighted by atomic mass is 9.76. The zero-order valence-corrected chi connectivity index (χ0v) is 14.5. The molecule has 0 saturated carbocycles. The van der Waals surface area contributed by atoms with Gasteiger partial charge in [0.2, 0.25) is 11.8 Å². The number of fused-ring (bicyclic) bond motifs is 2. The van der Waals surface area contributed by atoms with Crippen molar-refractivity contribution in [1.82, 2.24) is 9.97 Å². The van der Waals surface area contributed by atoms with Crippen LogP contribution in [0.25, 0.3) is 21.8 Å². The summed E-state index contributed by atoms with van der Waals surface area (Å²) < 4.78 is 0. The SMILES string of the molecule is CC(C)(c1ccc2[nH]c(O)c(O)c2c1O)c1ccc2[nH]c(O)c(O)c2c1O. The van der Waals surface area contributed by atoms with Crippen molar-refractivity contribution in [2.75, 3.05) is 0 Å². The Morgan fingerprint density at radius 3 is 1.33 bits per heavy atom. The Labute approximate surface area is 152 Å². The third kappa shape index (κ3) is 2.10. The quantitative estimate of drug-likeness (QED) is 0.271. The Morgan fingerprint density at radius 1 is 0.593 bits per heavy atom. The van der Waals surface area contributed by atoms with Crippen LogP contribution in [0.4, 0.5) is 0 Å². The van der Waals surface area contributed by atoms with Crippen LogP contribution in [0.1, 0.15) is 25.0 Å². The van der Waals surface area contributed by atoms with Gasteiger partial charge < -0.3 is 40.6 Å². The fraction of sp³-hybridized carbons (Fsp3) is 0.158. The van der Waals surface area contributed by atoms with Crippen molar-refractivity contribution in [3.63, 3.8) is 0 Å². The molecule has 8 nitrogen and oxygen atoms in total. The summed E-state index contributed by atoms with van der Waals surface area (Å²) in [5, 5.41) is 61.0. The van der Waals surface area contributed by atoms with Crippen LogP contribution in [0.15, 0.2) is 24.3 Å². The van der Waals surface area contributed by atoms with Gasteiger partial charge in [-0.15, -0.1) is 0 Å². The van der Waals surface area contributed by atoms with Gasteiger partial charge in [0.25, 0.3) is 0 Å². The van der Waals surface area contributed by atoms with Crippen molar-refractivity contribution in [3.8, 4) is 34.8 Å². The van der Waals surface area contributed by atoms with Gasteiger partial charge in [-0.1, -0.05) is 26.0 Å². The van der Waals surface area contributed by atoms with Crippen LogP contribution in [0.3, 0.4) is 0 Å². The van der Waals surface area contributed by atoms with Gasteiger partial charge in [-0.3, -0.25) is 0 Å². The molecule has 4 rings (SSSR count). The second-order valence-electron chi connectivity index (χ2n) is 7.04. The number of aromatic nitrogens is 2. The lowest BCUT2D eigenvalue weighted by Gasteiger charge is -2.28. The zero-order chi connectivity index (χ0) is 19.7. The number of rotatable bonds is 2. The molecule has 0 radical (unpaired) electrons. The molecule has 2 aromatic heterocycles. The van der Waals surface area contributed by atoms with Gasteiger partial charge in [0.15, 0.2) is 11.5 Å². The minimum Gasteiger partial charge on any atom is -0.507 e. The number of phenols is 2. The first-order chi connectivity index (χ1) is 12.6. The summed E-state index contributed by atoms with van der Waals surface area (Å²) in [6.45, 7) is 3.50. The summed E-state index contributed by atoms with van der Waals surface area (Å²) in [4.78, 5) is 5.13. The summed E-state index contributed by atoms with van der Waals surface area (Å²) >= 11 is 0. The van der Waals surface area contributed by atoms with Gasteiger partial charge in [-0.2, -0.15) is 0 Å². The molecule has 0 aliphatic heterocycles. The Kier molecular flexibility index (Phi) is 3.21. The van der Waals surface area contributed by atoms with E-state index in [2.05, 4.69) is 9.97 Å². The Balaban J connectivity index is 1.99. The largest absolute Gasteiger partial charge is 0.507 e. The molecule has 0 saturated heterocycles. The van der Waals surface area contributed by atoms with Gasteiger partial charge in [-0.25, -0.2) is 0 Å². The van der Waals surface area contributed by atoms with Crippen LogP contribution in [-0.2, 0) is 5.41 Å². The molecule has 8 N–H and O–H groups in total. The number of phenolic OH excluding ortho intramolecular Hbond substituents is 2. The lowest BCUT2D eigenvalue weighted by molar-refractivity contribution is 0.395. The molecule has 0 unspecified atom stereocenters. The highest BCUT2D eigenvalue weighted by molar-refractivity contribution is 5.97. The normalized spacial score (nSPS) is 12.2. The number of hydrogen-bond acceptors (Lipinski definition) is 6. The molecule has 0 amide bonds. The van der Waals surface area contributed by atoms with E-state index in [1.165, 1.54) is 0 Å². The van der Waals surface area contributed by atoms with Crippen LogP contribution in [0.5, 0.6) is 34.8 Å². The second-order valence-corrected chi connectivity index (χ2v) is 7.04. The topological polar surface area (TPSA) is 153 Å². The standard InChI is InChI=1S/C19H18N2O6/c1-19(2,7-3-5-9-11(13(7)22)15(24)17(26)20-9)8-4-6-10-12(14(8)23)16(25)18(27)21-10/h3-6,20-27H,1-2H3. The molecule has 4 aromatic rings. The maximum atomic E-state index is 10.7. The molecule has 8 heteroatoms. The third-order valence-corrected chi connectivity index (χ3v) is 5.13. The van der Waals surface area contributed by atoms with Crippen LogP contribution in [-0.4, -0.2) is 40.6 Å². The minimum absolute atomic E-state index is 0.0702. The first kappa shape index (κ1) is 16.8. The predicted octanol–water partition coefficient (Wildman–Crippen LogP) is 3.21. The first-order valence-electron chi connectivity index (χ1n) is 8.16. The summed E-state index contributed by atoms with van der Waals surface area (Å²) in [6.07, 6.45) is 0. The van der Waals surface area contributed by atoms with Crippen molar-refractivity contribution >= 4 is 21.8 Å². The maximum Gasteiger partial charge on any atom is 0.233 e. The number of hydrogen-bond donors (Lipinski definition) is 8. The van der Waals surface area contributed by atoms with E-state index in [0.717, 1.165) is 0 Å². The van der Waals surface area contributed by atoms with Gasteiger partial charge >= 0.3 is 0 Å². The van der Waals surface area contributed by atoms with E-state index in [0.29, 0.717) is 22.2 Å². The molecule has 140 valence electrons. The summed E-state index contributed by atoms with van der Waals surface area (Å²) in [6, 6.07) is 6.43. The van der Waals surface area contributed by atoms with E-state index in [9.17, 15) is 30.6 Å². The Bertz CT molecular complexity index is 1120. The summed E-state index contributed by atoms with van der Waals surface area (Å²) in [7, 11) is 0. The predicted molar refractivity (Wildman–Crippen MR) is 98.7 cm³/mol. The van der Waals surface area contributed by atoms with Crippen LogP contribution >= 0.6 is 0 Å². The molecule has 0 aliphatic rings. The number of H-pyrrole nitrogens is 2. The summed E-state index contributed by atoms with van der Waals surface area (Å²) in [5.41, 5.74) is 0.538. The molecule has 0 spiro atoms. The van der Waals surface area contributed by atoms with Crippen molar-refractivity contribution < 1.29 is 30.6 Å². The minimum atomic E-state index is -0.949. The van der Waals surface area contributed by atoms with Gasteiger partial charge in [-0.05, 0) is 12.1 Å². The lowest BCUT2D eigenvalue weighted by Crippen LogP contribution is -2.19. The monoisotopic (exact) mass is 370 g/mol. The smallest absolute Gasteiger partial charge is 0.233 e. The molecular formula is C19H18N2O6. The highest BCUT2D eigenvalue weighted by atomic mass is 16.3. The fourth-order valence-corrected chi connectivity index (χ4v) is 3.63. The van der Waals surface area contributed by atoms with Crippen LogP contribution < -0.4 is 0 Å². The molecule has 2 aromatic carbocycles. The van der Waals surface area contributed by atoms with E-state index in [-0.39, 0.29) is 22.3 Å². The van der Waals surface area contributed by atoms with Crippen molar-refractivity contribution in [1.29, 1.82) is 0 Å². The highest BCUT2D eigenvalue weighted by Crippen LogP contribution is 2.50. The van der Waals surface area contributed by atoms with Crippen molar-refractivity contribution in [2.45, 2.75) is 19.3 Å². The van der Waals surface area contributed by atoms with Crippen molar-refractivity contribution in [3.05, 3.63) is 35.4 Å². The zero-order valence-electron chi connectivity index (χ0n) is 14.5.